The number of nitrogens with zero attached hydrogens (tertiary/aromatic N) is 3. The number of halogens is 6. The molecule has 5 rings (SSSR count). The highest BCUT2D eigenvalue weighted by Crippen LogP contribution is 2.36. The van der Waals surface area contributed by atoms with Crippen molar-refractivity contribution < 1.29 is 26.3 Å². The molecule has 1 aliphatic rings. The number of fused-ring (bicyclic) bond motifs is 1. The molecule has 0 bridgehead atoms. The summed E-state index contributed by atoms with van der Waals surface area (Å²) in [5.41, 5.74) is -0.336. The summed E-state index contributed by atoms with van der Waals surface area (Å²) < 4.78 is 80.2. The lowest BCUT2D eigenvalue weighted by atomic mass is 10.0. The Morgan fingerprint density at radius 1 is 0.976 bits per heavy atom. The summed E-state index contributed by atoms with van der Waals surface area (Å²) >= 11 is 0. The van der Waals surface area contributed by atoms with Gasteiger partial charge in [-0.15, -0.1) is 0 Å². The van der Waals surface area contributed by atoms with Crippen molar-refractivity contribution in [1.29, 1.82) is 0 Å². The van der Waals surface area contributed by atoms with Crippen LogP contribution in [-0.4, -0.2) is 33.6 Å². The lowest BCUT2D eigenvalue weighted by Gasteiger charge is -2.24. The maximum atomic E-state index is 13.7. The van der Waals surface area contributed by atoms with E-state index in [9.17, 15) is 26.3 Å². The van der Waals surface area contributed by atoms with Crippen LogP contribution in [0.3, 0.4) is 0 Å². The number of hydrogen-bond donors (Lipinski definition) is 3. The minimum atomic E-state index is -4.63. The van der Waals surface area contributed by atoms with Crippen molar-refractivity contribution >= 4 is 22.4 Å². The third kappa shape index (κ3) is 6.59. The zero-order valence-electron chi connectivity index (χ0n) is 22.1. The molecule has 2 atom stereocenters. The monoisotopic (exact) mass is 574 g/mol. The van der Waals surface area contributed by atoms with Crippen molar-refractivity contribution in [2.75, 3.05) is 11.9 Å². The predicted octanol–water partition coefficient (Wildman–Crippen LogP) is 7.09. The van der Waals surface area contributed by atoms with E-state index in [4.69, 9.17) is 0 Å². The van der Waals surface area contributed by atoms with Crippen LogP contribution in [0, 0.1) is 0 Å². The molecule has 0 radical (unpaired) electrons. The van der Waals surface area contributed by atoms with Crippen LogP contribution in [0.1, 0.15) is 43.0 Å². The minimum Gasteiger partial charge on any atom is -0.355 e. The summed E-state index contributed by atoms with van der Waals surface area (Å²) in [5.74, 6) is 0. The fraction of sp³-hybridized carbons (Fsp3) is 0.345. The SMILES string of the molecule is CCC(NCc1cc(Nc2ccc(C(F)(F)F)cc2)c2ccc(-c3ncccc3C(F)(F)F)nc2n1)C1CCCN1. The Kier molecular flexibility index (Phi) is 8.14. The molecule has 3 aromatic heterocycles. The van der Waals surface area contributed by atoms with E-state index in [1.807, 2.05) is 0 Å². The van der Waals surface area contributed by atoms with Gasteiger partial charge in [0.25, 0.3) is 0 Å². The molecule has 1 aliphatic heterocycles. The summed E-state index contributed by atoms with van der Waals surface area (Å²) in [6.45, 7) is 3.40. The van der Waals surface area contributed by atoms with E-state index in [-0.39, 0.29) is 23.1 Å². The van der Waals surface area contributed by atoms with Gasteiger partial charge in [0, 0.05) is 35.9 Å². The molecule has 12 heteroatoms. The van der Waals surface area contributed by atoms with Crippen molar-refractivity contribution in [3.05, 3.63) is 77.6 Å². The third-order valence-electron chi connectivity index (χ3n) is 7.14. The maximum absolute atomic E-state index is 13.7. The molecule has 0 spiro atoms. The highest BCUT2D eigenvalue weighted by atomic mass is 19.4. The van der Waals surface area contributed by atoms with Crippen LogP contribution < -0.4 is 16.0 Å². The van der Waals surface area contributed by atoms with Crippen LogP contribution in [0.15, 0.2) is 60.8 Å². The van der Waals surface area contributed by atoms with Crippen LogP contribution >= 0.6 is 0 Å². The Hall–Kier alpha value is -3.77. The van der Waals surface area contributed by atoms with E-state index >= 15 is 0 Å². The van der Waals surface area contributed by atoms with Crippen molar-refractivity contribution in [1.82, 2.24) is 25.6 Å². The third-order valence-corrected chi connectivity index (χ3v) is 7.14. The molecule has 0 amide bonds. The molecule has 1 saturated heterocycles. The van der Waals surface area contributed by atoms with Crippen molar-refractivity contribution in [2.24, 2.45) is 0 Å². The van der Waals surface area contributed by atoms with Crippen LogP contribution in [-0.2, 0) is 18.9 Å². The molecule has 4 heterocycles. The number of rotatable bonds is 8. The summed E-state index contributed by atoms with van der Waals surface area (Å²) in [4.78, 5) is 13.0. The Bertz CT molecular complexity index is 1500. The van der Waals surface area contributed by atoms with Crippen LogP contribution in [0.25, 0.3) is 22.4 Å². The van der Waals surface area contributed by atoms with Gasteiger partial charge in [-0.2, -0.15) is 26.3 Å². The molecule has 1 fully saturated rings. The van der Waals surface area contributed by atoms with Crippen LogP contribution in [0.2, 0.25) is 0 Å². The molecule has 2 unspecified atom stereocenters. The number of nitrogens with one attached hydrogen (secondary N) is 3. The highest BCUT2D eigenvalue weighted by Gasteiger charge is 2.35. The normalized spacial score (nSPS) is 16.7. The molecular weight excluding hydrogens is 546 g/mol. The summed E-state index contributed by atoms with van der Waals surface area (Å²) in [7, 11) is 0. The van der Waals surface area contributed by atoms with E-state index in [1.54, 1.807) is 12.1 Å². The van der Waals surface area contributed by atoms with E-state index in [1.165, 1.54) is 30.5 Å². The summed E-state index contributed by atoms with van der Waals surface area (Å²) in [5, 5.41) is 10.6. The Morgan fingerprint density at radius 3 is 2.41 bits per heavy atom. The first kappa shape index (κ1) is 28.7. The average molecular weight is 575 g/mol. The Morgan fingerprint density at radius 2 is 1.76 bits per heavy atom. The number of aromatic nitrogens is 3. The van der Waals surface area contributed by atoms with Crippen LogP contribution in [0.5, 0.6) is 0 Å². The van der Waals surface area contributed by atoms with Gasteiger partial charge in [-0.3, -0.25) is 4.98 Å². The highest BCUT2D eigenvalue weighted by molar-refractivity contribution is 5.92. The second kappa shape index (κ2) is 11.6. The topological polar surface area (TPSA) is 74.8 Å². The molecule has 1 aromatic carbocycles. The first-order chi connectivity index (χ1) is 19.5. The van der Waals surface area contributed by atoms with E-state index in [0.717, 1.165) is 44.0 Å². The zero-order chi connectivity index (χ0) is 29.2. The van der Waals surface area contributed by atoms with Gasteiger partial charge in [0.15, 0.2) is 5.65 Å². The molecule has 216 valence electrons. The van der Waals surface area contributed by atoms with Gasteiger partial charge < -0.3 is 16.0 Å². The minimum absolute atomic E-state index is 0.00473. The molecular formula is C29H28F6N6. The first-order valence-corrected chi connectivity index (χ1v) is 13.3. The molecule has 41 heavy (non-hydrogen) atoms. The second-order valence-corrected chi connectivity index (χ2v) is 9.92. The largest absolute Gasteiger partial charge is 0.418 e. The van der Waals surface area contributed by atoms with Gasteiger partial charge >= 0.3 is 12.4 Å². The molecule has 4 aromatic rings. The maximum Gasteiger partial charge on any atom is 0.418 e. The first-order valence-electron chi connectivity index (χ1n) is 13.3. The second-order valence-electron chi connectivity index (χ2n) is 9.92. The van der Waals surface area contributed by atoms with Gasteiger partial charge in [0.1, 0.15) is 5.69 Å². The van der Waals surface area contributed by atoms with Crippen LogP contribution in [0.4, 0.5) is 37.7 Å². The lowest BCUT2D eigenvalue weighted by Crippen LogP contribution is -2.44. The Labute approximate surface area is 232 Å². The van der Waals surface area contributed by atoms with Crippen molar-refractivity contribution in [2.45, 2.75) is 57.2 Å². The number of benzene rings is 1. The fourth-order valence-electron chi connectivity index (χ4n) is 5.08. The van der Waals surface area contributed by atoms with E-state index in [2.05, 4.69) is 37.8 Å². The van der Waals surface area contributed by atoms with E-state index < -0.39 is 23.5 Å². The number of alkyl halides is 6. The zero-order valence-corrected chi connectivity index (χ0v) is 22.1. The lowest BCUT2D eigenvalue weighted by molar-refractivity contribution is -0.138. The number of hydrogen-bond acceptors (Lipinski definition) is 6. The summed E-state index contributed by atoms with van der Waals surface area (Å²) in [6.07, 6.45) is -4.80. The number of anilines is 2. The molecule has 3 N–H and O–H groups in total. The fourth-order valence-corrected chi connectivity index (χ4v) is 5.08. The van der Waals surface area contributed by atoms with Gasteiger partial charge in [-0.05, 0) is 80.4 Å². The van der Waals surface area contributed by atoms with E-state index in [0.29, 0.717) is 35.0 Å². The smallest absolute Gasteiger partial charge is 0.355 e. The summed E-state index contributed by atoms with van der Waals surface area (Å²) in [6, 6.07) is 12.0. The molecule has 6 nitrogen and oxygen atoms in total. The van der Waals surface area contributed by atoms with Gasteiger partial charge in [-0.1, -0.05) is 6.92 Å². The average Bonchev–Trinajstić information content (AvgIpc) is 3.47. The molecule has 0 saturated carbocycles. The van der Waals surface area contributed by atoms with Gasteiger partial charge in [-0.25, -0.2) is 9.97 Å². The van der Waals surface area contributed by atoms with Crippen molar-refractivity contribution in [3.63, 3.8) is 0 Å². The standard InChI is InChI=1S/C29H28F6N6/c1-2-22(23-6-4-13-36-23)38-16-19-15-25(39-18-9-7-17(8-10-18)28(30,31)32)20-11-12-24(41-27(20)40-19)26-21(29(33,34)35)5-3-14-37-26/h3,5,7-12,14-15,22-23,36,38H,2,4,6,13,16H2,1H3,(H,39,40,41). The quantitative estimate of drug-likeness (QED) is 0.195. The van der Waals surface area contributed by atoms with Gasteiger partial charge in [0.2, 0.25) is 0 Å². The molecule has 0 aliphatic carbocycles. The predicted molar refractivity (Wildman–Crippen MR) is 144 cm³/mol. The number of pyridine rings is 3. The van der Waals surface area contributed by atoms with Crippen molar-refractivity contribution in [3.8, 4) is 11.4 Å². The van der Waals surface area contributed by atoms with Gasteiger partial charge in [0.05, 0.1) is 28.2 Å². The Balaban J connectivity index is 1.53.